The van der Waals surface area contributed by atoms with Crippen LogP contribution in [0.5, 0.6) is 0 Å². The Morgan fingerprint density at radius 1 is 0.917 bits per heavy atom. The van der Waals surface area contributed by atoms with E-state index in [0.29, 0.717) is 33.5 Å². The molecule has 0 bridgehead atoms. The third kappa shape index (κ3) is 4.85. The number of nitrogens with zero attached hydrogens (tertiary/aromatic N) is 4. The number of carbonyl (C=O) groups excluding carboxylic acids is 1. The van der Waals surface area contributed by atoms with Gasteiger partial charge in [0.2, 0.25) is 17.8 Å². The molecule has 2 aromatic rings. The monoisotopic (exact) mass is 349 g/mol. The quantitative estimate of drug-likeness (QED) is 0.654. The predicted molar refractivity (Wildman–Crippen MR) is 97.5 cm³/mol. The van der Waals surface area contributed by atoms with E-state index in [1.54, 1.807) is 0 Å². The van der Waals surface area contributed by atoms with E-state index in [4.69, 9.17) is 0 Å². The maximum atomic E-state index is 11.6. The second kappa shape index (κ2) is 7.52. The van der Waals surface area contributed by atoms with Gasteiger partial charge in [-0.3, -0.25) is 10.1 Å². The van der Waals surface area contributed by atoms with Gasteiger partial charge in [-0.25, -0.2) is 4.98 Å². The van der Waals surface area contributed by atoms with Gasteiger partial charge in [-0.15, -0.1) is 0 Å². The fraction of sp³-hybridized carbons (Fsp3) is 0.533. The molecule has 0 fully saturated rings. The molecule has 0 aliphatic carbocycles. The predicted octanol–water partition coefficient (Wildman–Crippen LogP) is 3.22. The molecule has 0 spiro atoms. The zero-order valence-electron chi connectivity index (χ0n) is 14.8. The summed E-state index contributed by atoms with van der Waals surface area (Å²) in [5.41, 5.74) is 0.699. The van der Waals surface area contributed by atoms with Crippen molar-refractivity contribution in [2.24, 2.45) is 0 Å². The molecule has 0 unspecified atom stereocenters. The van der Waals surface area contributed by atoms with Gasteiger partial charge in [0.05, 0.1) is 10.6 Å². The molecular weight excluding hydrogens is 326 g/mol. The minimum Gasteiger partial charge on any atom is -0.352 e. The molecule has 0 radical (unpaired) electrons. The number of aryl methyl sites for hydroxylation is 1. The van der Waals surface area contributed by atoms with Crippen molar-refractivity contribution in [3.05, 3.63) is 10.6 Å². The first-order chi connectivity index (χ1) is 11.2. The Labute approximate surface area is 145 Å². The summed E-state index contributed by atoms with van der Waals surface area (Å²) in [6, 6.07) is 0.386. The Kier molecular flexibility index (Phi) is 5.66. The lowest BCUT2D eigenvalue weighted by Gasteiger charge is -2.13. The fourth-order valence-corrected chi connectivity index (χ4v) is 2.80. The van der Waals surface area contributed by atoms with Crippen molar-refractivity contribution in [3.63, 3.8) is 0 Å². The second-order valence-electron chi connectivity index (χ2n) is 6.02. The Morgan fingerprint density at radius 3 is 1.83 bits per heavy atom. The molecule has 0 amide bonds. The van der Waals surface area contributed by atoms with Crippen LogP contribution in [0, 0.1) is 6.92 Å². The van der Waals surface area contributed by atoms with E-state index in [9.17, 15) is 4.79 Å². The number of hydrogen-bond donors (Lipinski definition) is 3. The van der Waals surface area contributed by atoms with E-state index in [2.05, 4.69) is 35.9 Å². The van der Waals surface area contributed by atoms with Crippen LogP contribution < -0.4 is 16.0 Å². The summed E-state index contributed by atoms with van der Waals surface area (Å²) >= 11 is 1.29. The summed E-state index contributed by atoms with van der Waals surface area (Å²) in [7, 11) is 0. The molecule has 0 atom stereocenters. The van der Waals surface area contributed by atoms with E-state index < -0.39 is 0 Å². The molecule has 0 aliphatic heterocycles. The molecule has 2 rings (SSSR count). The van der Waals surface area contributed by atoms with Gasteiger partial charge in [-0.2, -0.15) is 15.0 Å². The van der Waals surface area contributed by atoms with Crippen LogP contribution in [0.3, 0.4) is 0 Å². The summed E-state index contributed by atoms with van der Waals surface area (Å²) in [6.07, 6.45) is 0. The molecule has 9 heteroatoms. The van der Waals surface area contributed by atoms with Gasteiger partial charge in [0, 0.05) is 19.0 Å². The molecule has 0 aromatic carbocycles. The van der Waals surface area contributed by atoms with Gasteiger partial charge < -0.3 is 10.6 Å². The standard InChI is InChI=1S/C15H23N7OS/c1-7(2)16-12-19-13(17-8(3)4)21-14(20-12)22-15-18-9(5)11(24-15)10(6)23/h7-8H,1-6H3,(H3,16,17,18,19,20,21,22). The van der Waals surface area contributed by atoms with Gasteiger partial charge in [0.25, 0.3) is 0 Å². The van der Waals surface area contributed by atoms with Crippen molar-refractivity contribution in [3.8, 4) is 0 Å². The van der Waals surface area contributed by atoms with Crippen LogP contribution >= 0.6 is 11.3 Å². The fourth-order valence-electron chi connectivity index (χ4n) is 1.95. The van der Waals surface area contributed by atoms with E-state index in [1.807, 2.05) is 34.6 Å². The van der Waals surface area contributed by atoms with Crippen molar-refractivity contribution in [1.29, 1.82) is 0 Å². The molecule has 2 aromatic heterocycles. The van der Waals surface area contributed by atoms with E-state index in [1.165, 1.54) is 18.3 Å². The van der Waals surface area contributed by atoms with Crippen LogP contribution in [0.2, 0.25) is 0 Å². The van der Waals surface area contributed by atoms with Gasteiger partial charge >= 0.3 is 0 Å². The van der Waals surface area contributed by atoms with Crippen LogP contribution in [0.25, 0.3) is 0 Å². The topological polar surface area (TPSA) is 105 Å². The second-order valence-corrected chi connectivity index (χ2v) is 7.02. The van der Waals surface area contributed by atoms with Crippen LogP contribution in [-0.4, -0.2) is 37.8 Å². The highest BCUT2D eigenvalue weighted by Crippen LogP contribution is 2.25. The Morgan fingerprint density at radius 2 is 1.42 bits per heavy atom. The molecule has 0 saturated carbocycles. The van der Waals surface area contributed by atoms with Crippen LogP contribution in [0.1, 0.15) is 50.0 Å². The number of carbonyl (C=O) groups is 1. The molecule has 0 aliphatic rings. The van der Waals surface area contributed by atoms with Gasteiger partial charge in [0.1, 0.15) is 0 Å². The Bertz CT molecular complexity index is 698. The number of rotatable bonds is 7. The van der Waals surface area contributed by atoms with Crippen molar-refractivity contribution < 1.29 is 4.79 Å². The lowest BCUT2D eigenvalue weighted by molar-refractivity contribution is 0.102. The normalized spacial score (nSPS) is 11.0. The minimum atomic E-state index is -0.00183. The number of nitrogens with one attached hydrogen (secondary N) is 3. The zero-order chi connectivity index (χ0) is 17.9. The van der Waals surface area contributed by atoms with Crippen LogP contribution in [0.4, 0.5) is 23.0 Å². The number of hydrogen-bond acceptors (Lipinski definition) is 9. The third-order valence-corrected chi connectivity index (χ3v) is 3.98. The van der Waals surface area contributed by atoms with Crippen LogP contribution in [0.15, 0.2) is 0 Å². The first-order valence-corrected chi connectivity index (χ1v) is 8.60. The first kappa shape index (κ1) is 18.1. The average molecular weight is 349 g/mol. The zero-order valence-corrected chi connectivity index (χ0v) is 15.6. The van der Waals surface area contributed by atoms with Crippen molar-refractivity contribution in [2.45, 2.75) is 53.6 Å². The summed E-state index contributed by atoms with van der Waals surface area (Å²) in [6.45, 7) is 11.4. The first-order valence-electron chi connectivity index (χ1n) is 7.79. The molecule has 8 nitrogen and oxygen atoms in total. The number of ketones is 1. The number of thiazole rings is 1. The largest absolute Gasteiger partial charge is 0.352 e. The molecular formula is C15H23N7OS. The average Bonchev–Trinajstić information content (AvgIpc) is 2.77. The summed E-state index contributed by atoms with van der Waals surface area (Å²) in [4.78, 5) is 29.6. The Hall–Kier alpha value is -2.29. The third-order valence-electron chi connectivity index (χ3n) is 2.81. The van der Waals surface area contributed by atoms with Gasteiger partial charge in [-0.05, 0) is 34.6 Å². The van der Waals surface area contributed by atoms with Crippen molar-refractivity contribution in [2.75, 3.05) is 16.0 Å². The minimum absolute atomic E-state index is 0.00183. The lowest BCUT2D eigenvalue weighted by atomic mass is 10.3. The van der Waals surface area contributed by atoms with E-state index in [-0.39, 0.29) is 17.9 Å². The number of Topliss-reactive ketones (excluding diaryl/α,β-unsaturated/α-hetero) is 1. The van der Waals surface area contributed by atoms with Gasteiger partial charge in [0.15, 0.2) is 10.9 Å². The van der Waals surface area contributed by atoms with Crippen molar-refractivity contribution in [1.82, 2.24) is 19.9 Å². The van der Waals surface area contributed by atoms with Gasteiger partial charge in [-0.1, -0.05) is 11.3 Å². The maximum Gasteiger partial charge on any atom is 0.235 e. The SMILES string of the molecule is CC(=O)c1sc(Nc2nc(NC(C)C)nc(NC(C)C)n2)nc1C. The summed E-state index contributed by atoms with van der Waals surface area (Å²) in [5.74, 6) is 1.33. The molecule has 24 heavy (non-hydrogen) atoms. The smallest absolute Gasteiger partial charge is 0.235 e. The summed E-state index contributed by atoms with van der Waals surface area (Å²) in [5, 5.41) is 9.97. The van der Waals surface area contributed by atoms with Crippen LogP contribution in [-0.2, 0) is 0 Å². The molecule has 130 valence electrons. The molecule has 3 N–H and O–H groups in total. The maximum absolute atomic E-state index is 11.6. The Balaban J connectivity index is 2.30. The molecule has 0 saturated heterocycles. The summed E-state index contributed by atoms with van der Waals surface area (Å²) < 4.78 is 0. The lowest BCUT2D eigenvalue weighted by Crippen LogP contribution is -2.18. The number of aromatic nitrogens is 4. The molecule has 2 heterocycles. The highest BCUT2D eigenvalue weighted by atomic mass is 32.1. The highest BCUT2D eigenvalue weighted by Gasteiger charge is 2.14. The number of anilines is 4. The van der Waals surface area contributed by atoms with E-state index in [0.717, 1.165) is 0 Å². The van der Waals surface area contributed by atoms with E-state index >= 15 is 0 Å². The van der Waals surface area contributed by atoms with Crippen molar-refractivity contribution >= 4 is 40.1 Å². The highest BCUT2D eigenvalue weighted by molar-refractivity contribution is 7.17.